The number of ether oxygens (including phenoxy) is 1. The van der Waals surface area contributed by atoms with Crippen molar-refractivity contribution in [2.45, 2.75) is 64.0 Å². The van der Waals surface area contributed by atoms with Gasteiger partial charge >= 0.3 is 0 Å². The van der Waals surface area contributed by atoms with Gasteiger partial charge in [0.2, 0.25) is 5.91 Å². The van der Waals surface area contributed by atoms with Crippen molar-refractivity contribution in [1.29, 1.82) is 0 Å². The highest BCUT2D eigenvalue weighted by atomic mass is 16.5. The zero-order valence-corrected chi connectivity index (χ0v) is 13.5. The molecule has 4 heteroatoms. The number of amides is 1. The lowest BCUT2D eigenvalue weighted by Gasteiger charge is -2.26. The van der Waals surface area contributed by atoms with Crippen LogP contribution >= 0.6 is 0 Å². The first kappa shape index (κ1) is 16.8. The molecule has 1 aliphatic carbocycles. The first-order valence-electron chi connectivity index (χ1n) is 8.44. The quantitative estimate of drug-likeness (QED) is 0.814. The molecule has 1 aliphatic rings. The van der Waals surface area contributed by atoms with Crippen LogP contribution in [0.3, 0.4) is 0 Å². The molecule has 2 rings (SSSR count). The summed E-state index contributed by atoms with van der Waals surface area (Å²) in [6.07, 6.45) is 6.37. The van der Waals surface area contributed by atoms with E-state index < -0.39 is 0 Å². The number of nitrogens with one attached hydrogen (secondary N) is 1. The summed E-state index contributed by atoms with van der Waals surface area (Å²) in [5, 5.41) is 3.13. The average molecular weight is 304 g/mol. The smallest absolute Gasteiger partial charge is 0.220 e. The van der Waals surface area contributed by atoms with Crippen molar-refractivity contribution in [3.63, 3.8) is 0 Å². The zero-order chi connectivity index (χ0) is 15.8. The van der Waals surface area contributed by atoms with Crippen LogP contribution in [0.25, 0.3) is 0 Å². The number of rotatable bonds is 7. The van der Waals surface area contributed by atoms with Crippen molar-refractivity contribution in [2.75, 3.05) is 6.61 Å². The standard InChI is InChI=1S/C18H28N2O2/c1-2-13-22-17-10-3-14(4-11-17)5-12-18(21)20-16-8-6-15(19)7-9-16/h3-4,10-11,15-16H,2,5-9,12-13,19H2,1H3,(H,20,21). The molecule has 0 heterocycles. The van der Waals surface area contributed by atoms with Crippen molar-refractivity contribution >= 4 is 5.91 Å². The topological polar surface area (TPSA) is 64.3 Å². The lowest BCUT2D eigenvalue weighted by atomic mass is 9.92. The van der Waals surface area contributed by atoms with Crippen LogP contribution in [0.2, 0.25) is 0 Å². The van der Waals surface area contributed by atoms with Gasteiger partial charge in [0, 0.05) is 18.5 Å². The highest BCUT2D eigenvalue weighted by molar-refractivity contribution is 5.76. The summed E-state index contributed by atoms with van der Waals surface area (Å²) in [7, 11) is 0. The van der Waals surface area contributed by atoms with E-state index in [0.717, 1.165) is 50.9 Å². The number of hydrogen-bond donors (Lipinski definition) is 2. The van der Waals surface area contributed by atoms with Crippen LogP contribution in [-0.4, -0.2) is 24.6 Å². The molecule has 122 valence electrons. The van der Waals surface area contributed by atoms with Crippen LogP contribution in [0.5, 0.6) is 5.75 Å². The van der Waals surface area contributed by atoms with E-state index in [1.165, 1.54) is 5.56 Å². The summed E-state index contributed by atoms with van der Waals surface area (Å²) < 4.78 is 5.56. The fourth-order valence-electron chi connectivity index (χ4n) is 2.79. The number of hydrogen-bond acceptors (Lipinski definition) is 3. The Balaban J connectivity index is 1.69. The minimum absolute atomic E-state index is 0.145. The first-order chi connectivity index (χ1) is 10.7. The monoisotopic (exact) mass is 304 g/mol. The van der Waals surface area contributed by atoms with E-state index in [4.69, 9.17) is 10.5 Å². The van der Waals surface area contributed by atoms with E-state index in [-0.39, 0.29) is 5.91 Å². The molecular weight excluding hydrogens is 276 g/mol. The summed E-state index contributed by atoms with van der Waals surface area (Å²) >= 11 is 0. The Hall–Kier alpha value is -1.55. The maximum absolute atomic E-state index is 12.0. The first-order valence-corrected chi connectivity index (χ1v) is 8.44. The van der Waals surface area contributed by atoms with Gasteiger partial charge in [0.15, 0.2) is 0 Å². The van der Waals surface area contributed by atoms with Crippen molar-refractivity contribution < 1.29 is 9.53 Å². The van der Waals surface area contributed by atoms with Crippen LogP contribution < -0.4 is 15.8 Å². The maximum atomic E-state index is 12.0. The van der Waals surface area contributed by atoms with Gasteiger partial charge in [0.1, 0.15) is 5.75 Å². The van der Waals surface area contributed by atoms with Gasteiger partial charge in [-0.1, -0.05) is 19.1 Å². The summed E-state index contributed by atoms with van der Waals surface area (Å²) in [5.74, 6) is 1.04. The maximum Gasteiger partial charge on any atom is 0.220 e. The molecule has 4 nitrogen and oxygen atoms in total. The largest absolute Gasteiger partial charge is 0.494 e. The zero-order valence-electron chi connectivity index (χ0n) is 13.5. The lowest BCUT2D eigenvalue weighted by Crippen LogP contribution is -2.40. The molecule has 1 amide bonds. The second kappa shape index (κ2) is 8.79. The van der Waals surface area contributed by atoms with Gasteiger partial charge in [0.25, 0.3) is 0 Å². The Labute approximate surface area is 133 Å². The average Bonchev–Trinajstić information content (AvgIpc) is 2.54. The van der Waals surface area contributed by atoms with Crippen molar-refractivity contribution in [1.82, 2.24) is 5.32 Å². The van der Waals surface area contributed by atoms with Crippen LogP contribution in [0, 0.1) is 0 Å². The molecule has 0 unspecified atom stereocenters. The van der Waals surface area contributed by atoms with Crippen molar-refractivity contribution in [3.8, 4) is 5.75 Å². The van der Waals surface area contributed by atoms with Gasteiger partial charge in [0.05, 0.1) is 6.61 Å². The van der Waals surface area contributed by atoms with E-state index >= 15 is 0 Å². The second-order valence-electron chi connectivity index (χ2n) is 6.17. The molecule has 1 aromatic rings. The number of nitrogens with two attached hydrogens (primary N) is 1. The number of aryl methyl sites for hydroxylation is 1. The van der Waals surface area contributed by atoms with E-state index in [0.29, 0.717) is 18.5 Å². The minimum Gasteiger partial charge on any atom is -0.494 e. The normalized spacial score (nSPS) is 21.4. The van der Waals surface area contributed by atoms with E-state index in [1.807, 2.05) is 24.3 Å². The molecule has 0 aliphatic heterocycles. The molecule has 1 saturated carbocycles. The van der Waals surface area contributed by atoms with E-state index in [2.05, 4.69) is 12.2 Å². The molecule has 0 spiro atoms. The molecule has 0 aromatic heterocycles. The molecule has 0 saturated heterocycles. The SMILES string of the molecule is CCCOc1ccc(CCC(=O)NC2CCC(N)CC2)cc1. The van der Waals surface area contributed by atoms with Crippen molar-refractivity contribution in [3.05, 3.63) is 29.8 Å². The van der Waals surface area contributed by atoms with Crippen LogP contribution in [0.15, 0.2) is 24.3 Å². The number of carbonyl (C=O) groups is 1. The number of carbonyl (C=O) groups excluding carboxylic acids is 1. The van der Waals surface area contributed by atoms with Gasteiger partial charge in [-0.2, -0.15) is 0 Å². The van der Waals surface area contributed by atoms with E-state index in [9.17, 15) is 4.79 Å². The van der Waals surface area contributed by atoms with Crippen LogP contribution in [-0.2, 0) is 11.2 Å². The van der Waals surface area contributed by atoms with Crippen molar-refractivity contribution in [2.24, 2.45) is 5.73 Å². The fourth-order valence-corrected chi connectivity index (χ4v) is 2.79. The molecule has 3 N–H and O–H groups in total. The second-order valence-corrected chi connectivity index (χ2v) is 6.17. The molecule has 22 heavy (non-hydrogen) atoms. The van der Waals surface area contributed by atoms with Gasteiger partial charge in [-0.25, -0.2) is 0 Å². The third-order valence-electron chi connectivity index (χ3n) is 4.17. The summed E-state index contributed by atoms with van der Waals surface area (Å²) in [4.78, 5) is 12.0. The van der Waals surface area contributed by atoms with Gasteiger partial charge in [-0.3, -0.25) is 4.79 Å². The Morgan fingerprint density at radius 1 is 1.23 bits per heavy atom. The molecular formula is C18H28N2O2. The molecule has 1 fully saturated rings. The van der Waals surface area contributed by atoms with Crippen LogP contribution in [0.4, 0.5) is 0 Å². The Morgan fingerprint density at radius 2 is 1.91 bits per heavy atom. The van der Waals surface area contributed by atoms with Crippen LogP contribution in [0.1, 0.15) is 51.0 Å². The summed E-state index contributed by atoms with van der Waals surface area (Å²) in [6.45, 7) is 2.83. The number of benzene rings is 1. The molecule has 0 radical (unpaired) electrons. The Bertz CT molecular complexity index is 451. The molecule has 0 atom stereocenters. The van der Waals surface area contributed by atoms with Gasteiger partial charge in [-0.15, -0.1) is 0 Å². The summed E-state index contributed by atoms with van der Waals surface area (Å²) in [5.41, 5.74) is 7.05. The lowest BCUT2D eigenvalue weighted by molar-refractivity contribution is -0.122. The summed E-state index contributed by atoms with van der Waals surface area (Å²) in [6, 6.07) is 8.67. The third-order valence-corrected chi connectivity index (χ3v) is 4.17. The molecule has 0 bridgehead atoms. The molecule has 1 aromatic carbocycles. The fraction of sp³-hybridized carbons (Fsp3) is 0.611. The third kappa shape index (κ3) is 5.68. The minimum atomic E-state index is 0.145. The highest BCUT2D eigenvalue weighted by Crippen LogP contribution is 2.17. The Morgan fingerprint density at radius 3 is 2.55 bits per heavy atom. The van der Waals surface area contributed by atoms with E-state index in [1.54, 1.807) is 0 Å². The van der Waals surface area contributed by atoms with Gasteiger partial charge in [-0.05, 0) is 56.2 Å². The van der Waals surface area contributed by atoms with Gasteiger partial charge < -0.3 is 15.8 Å². The predicted molar refractivity (Wildman–Crippen MR) is 88.9 cm³/mol. The highest BCUT2D eigenvalue weighted by Gasteiger charge is 2.19. The Kier molecular flexibility index (Phi) is 6.72. The predicted octanol–water partition coefficient (Wildman–Crippen LogP) is 2.79.